The van der Waals surface area contributed by atoms with Gasteiger partial charge in [0.15, 0.2) is 0 Å². The molecule has 0 atom stereocenters. The highest BCUT2D eigenvalue weighted by Gasteiger charge is 2.31. The molecule has 4 nitrogen and oxygen atoms in total. The molecular weight excluding hydrogens is 268 g/mol. The van der Waals surface area contributed by atoms with Crippen LogP contribution in [0.3, 0.4) is 0 Å². The zero-order valence-corrected chi connectivity index (χ0v) is 12.5. The topological polar surface area (TPSA) is 49.4 Å². The third kappa shape index (κ3) is 2.61. The first-order valence-corrected chi connectivity index (χ1v) is 8.67. The molecule has 1 N–H and O–H groups in total. The molecule has 6 heteroatoms. The van der Waals surface area contributed by atoms with Crippen LogP contribution >= 0.6 is 11.3 Å². The lowest BCUT2D eigenvalue weighted by atomic mass is 10.3. The van der Waals surface area contributed by atoms with E-state index in [9.17, 15) is 8.42 Å². The van der Waals surface area contributed by atoms with E-state index in [1.807, 2.05) is 19.2 Å². The first kappa shape index (κ1) is 14.0. The molecule has 0 unspecified atom stereocenters. The van der Waals surface area contributed by atoms with E-state index in [2.05, 4.69) is 5.32 Å². The number of rotatable bonds is 5. The standard InChI is InChI=1S/C12H20N2O2S2/c1-3-13-8-11-12(10(2)9-17-11)18(15,16)14-6-4-5-7-14/h9,13H,3-8H2,1-2H3. The van der Waals surface area contributed by atoms with Gasteiger partial charge in [0.05, 0.1) is 0 Å². The normalized spacial score (nSPS) is 17.4. The summed E-state index contributed by atoms with van der Waals surface area (Å²) in [7, 11) is -3.28. The molecule has 1 aliphatic heterocycles. The Morgan fingerprint density at radius 2 is 2.06 bits per heavy atom. The lowest BCUT2D eigenvalue weighted by Crippen LogP contribution is -2.29. The van der Waals surface area contributed by atoms with Gasteiger partial charge >= 0.3 is 0 Å². The number of nitrogens with zero attached hydrogens (tertiary/aromatic N) is 1. The SMILES string of the molecule is CCNCc1scc(C)c1S(=O)(=O)N1CCCC1. The van der Waals surface area contributed by atoms with Crippen LogP contribution in [0.1, 0.15) is 30.2 Å². The van der Waals surface area contributed by atoms with Crippen LogP contribution < -0.4 is 5.32 Å². The van der Waals surface area contributed by atoms with Crippen molar-refractivity contribution in [1.82, 2.24) is 9.62 Å². The van der Waals surface area contributed by atoms with Gasteiger partial charge in [-0.25, -0.2) is 8.42 Å². The summed E-state index contributed by atoms with van der Waals surface area (Å²) in [5.41, 5.74) is 0.875. The van der Waals surface area contributed by atoms with Crippen LogP contribution in [0.25, 0.3) is 0 Å². The molecule has 0 bridgehead atoms. The fraction of sp³-hybridized carbons (Fsp3) is 0.667. The van der Waals surface area contributed by atoms with Crippen LogP contribution in [-0.2, 0) is 16.6 Å². The summed E-state index contributed by atoms with van der Waals surface area (Å²) in [4.78, 5) is 1.47. The third-order valence-electron chi connectivity index (χ3n) is 3.19. The fourth-order valence-electron chi connectivity index (χ4n) is 2.25. The van der Waals surface area contributed by atoms with Gasteiger partial charge in [-0.05, 0) is 37.3 Å². The molecule has 0 amide bonds. The molecule has 0 aliphatic carbocycles. The fourth-order valence-corrected chi connectivity index (χ4v) is 5.50. The lowest BCUT2D eigenvalue weighted by molar-refractivity contribution is 0.476. The largest absolute Gasteiger partial charge is 0.312 e. The van der Waals surface area contributed by atoms with Crippen molar-refractivity contribution >= 4 is 21.4 Å². The Balaban J connectivity index is 2.33. The summed E-state index contributed by atoms with van der Waals surface area (Å²) in [6, 6.07) is 0. The Morgan fingerprint density at radius 1 is 1.39 bits per heavy atom. The molecule has 1 saturated heterocycles. The maximum Gasteiger partial charge on any atom is 0.244 e. The monoisotopic (exact) mass is 288 g/mol. The average Bonchev–Trinajstić information content (AvgIpc) is 2.95. The summed E-state index contributed by atoms with van der Waals surface area (Å²) in [5, 5.41) is 5.15. The number of thiophene rings is 1. The molecule has 18 heavy (non-hydrogen) atoms. The Bertz CT molecular complexity index is 502. The predicted octanol–water partition coefficient (Wildman–Crippen LogP) is 1.95. The summed E-state index contributed by atoms with van der Waals surface area (Å²) in [6.07, 6.45) is 1.95. The van der Waals surface area contributed by atoms with Gasteiger partial charge in [0.2, 0.25) is 10.0 Å². The van der Waals surface area contributed by atoms with Gasteiger partial charge in [0, 0.05) is 24.5 Å². The van der Waals surface area contributed by atoms with E-state index in [1.165, 1.54) is 11.3 Å². The molecule has 0 radical (unpaired) electrons. The van der Waals surface area contributed by atoms with Gasteiger partial charge in [-0.2, -0.15) is 4.31 Å². The van der Waals surface area contributed by atoms with Gasteiger partial charge in [0.1, 0.15) is 4.90 Å². The van der Waals surface area contributed by atoms with Crippen LogP contribution in [0.2, 0.25) is 0 Å². The summed E-state index contributed by atoms with van der Waals surface area (Å²) >= 11 is 1.53. The summed E-state index contributed by atoms with van der Waals surface area (Å²) < 4.78 is 26.8. The quantitative estimate of drug-likeness (QED) is 0.901. The minimum atomic E-state index is -3.28. The maximum atomic E-state index is 12.6. The zero-order chi connectivity index (χ0) is 13.2. The van der Waals surface area contributed by atoms with E-state index in [0.29, 0.717) is 24.5 Å². The van der Waals surface area contributed by atoms with Crippen molar-refractivity contribution < 1.29 is 8.42 Å². The third-order valence-corrected chi connectivity index (χ3v) is 6.55. The van der Waals surface area contributed by atoms with Gasteiger partial charge in [0.25, 0.3) is 0 Å². The number of aryl methyl sites for hydroxylation is 1. The van der Waals surface area contributed by atoms with Crippen molar-refractivity contribution in [2.75, 3.05) is 19.6 Å². The smallest absolute Gasteiger partial charge is 0.244 e. The van der Waals surface area contributed by atoms with Gasteiger partial charge < -0.3 is 5.32 Å². The van der Waals surface area contributed by atoms with Crippen LogP contribution in [0.4, 0.5) is 0 Å². The van der Waals surface area contributed by atoms with Crippen LogP contribution in [0.15, 0.2) is 10.3 Å². The van der Waals surface area contributed by atoms with Crippen LogP contribution in [-0.4, -0.2) is 32.4 Å². The number of sulfonamides is 1. The minimum Gasteiger partial charge on any atom is -0.312 e. The molecule has 1 aromatic rings. The van der Waals surface area contributed by atoms with Crippen molar-refractivity contribution in [3.8, 4) is 0 Å². The highest BCUT2D eigenvalue weighted by Crippen LogP contribution is 2.31. The minimum absolute atomic E-state index is 0.537. The van der Waals surface area contributed by atoms with Crippen LogP contribution in [0, 0.1) is 6.92 Å². The Hall–Kier alpha value is -0.430. The van der Waals surface area contributed by atoms with E-state index in [-0.39, 0.29) is 0 Å². The molecule has 1 aromatic heterocycles. The molecule has 2 heterocycles. The summed E-state index contributed by atoms with van der Waals surface area (Å²) in [5.74, 6) is 0. The van der Waals surface area contributed by atoms with Gasteiger partial charge in [-0.3, -0.25) is 0 Å². The number of hydrogen-bond acceptors (Lipinski definition) is 4. The Labute approximate surface area is 113 Å². The molecule has 102 valence electrons. The first-order valence-electron chi connectivity index (χ1n) is 6.35. The second kappa shape index (κ2) is 5.69. The first-order chi connectivity index (χ1) is 8.57. The van der Waals surface area contributed by atoms with Crippen molar-refractivity contribution in [2.24, 2.45) is 0 Å². The highest BCUT2D eigenvalue weighted by atomic mass is 32.2. The van der Waals surface area contributed by atoms with E-state index >= 15 is 0 Å². The van der Waals surface area contributed by atoms with Crippen molar-refractivity contribution in [2.45, 2.75) is 38.1 Å². The number of hydrogen-bond donors (Lipinski definition) is 1. The van der Waals surface area contributed by atoms with E-state index in [1.54, 1.807) is 4.31 Å². The zero-order valence-electron chi connectivity index (χ0n) is 10.9. The molecular formula is C12H20N2O2S2. The highest BCUT2D eigenvalue weighted by molar-refractivity contribution is 7.89. The molecule has 0 aromatic carbocycles. The van der Waals surface area contributed by atoms with Gasteiger partial charge in [-0.15, -0.1) is 11.3 Å². The van der Waals surface area contributed by atoms with Crippen molar-refractivity contribution in [3.63, 3.8) is 0 Å². The molecule has 0 spiro atoms. The Kier molecular flexibility index (Phi) is 4.42. The average molecular weight is 288 g/mol. The second-order valence-electron chi connectivity index (χ2n) is 4.56. The summed E-state index contributed by atoms with van der Waals surface area (Å²) in [6.45, 7) is 6.72. The molecule has 1 fully saturated rings. The molecule has 1 aliphatic rings. The Morgan fingerprint density at radius 3 is 2.67 bits per heavy atom. The van der Waals surface area contributed by atoms with E-state index < -0.39 is 10.0 Å². The van der Waals surface area contributed by atoms with Crippen molar-refractivity contribution in [3.05, 3.63) is 15.8 Å². The maximum absolute atomic E-state index is 12.6. The molecule has 2 rings (SSSR count). The predicted molar refractivity (Wildman–Crippen MR) is 74.4 cm³/mol. The van der Waals surface area contributed by atoms with E-state index in [4.69, 9.17) is 0 Å². The van der Waals surface area contributed by atoms with Gasteiger partial charge in [-0.1, -0.05) is 6.92 Å². The number of nitrogens with one attached hydrogen (secondary N) is 1. The second-order valence-corrected chi connectivity index (χ2v) is 7.40. The molecule has 0 saturated carbocycles. The van der Waals surface area contributed by atoms with Crippen LogP contribution in [0.5, 0.6) is 0 Å². The van der Waals surface area contributed by atoms with Crippen molar-refractivity contribution in [1.29, 1.82) is 0 Å². The lowest BCUT2D eigenvalue weighted by Gasteiger charge is -2.17. The van der Waals surface area contributed by atoms with E-state index in [0.717, 1.165) is 29.8 Å².